The van der Waals surface area contributed by atoms with Crippen molar-refractivity contribution in [2.45, 2.75) is 25.9 Å². The third-order valence-corrected chi connectivity index (χ3v) is 5.81. The molecular weight excluding hydrogens is 310 g/mol. The fourth-order valence-electron chi connectivity index (χ4n) is 3.15. The predicted molar refractivity (Wildman–Crippen MR) is 92.6 cm³/mol. The number of pyridine rings is 1. The lowest BCUT2D eigenvalue weighted by atomic mass is 9.95. The monoisotopic (exact) mass is 333 g/mol. The highest BCUT2D eigenvalue weighted by molar-refractivity contribution is 7.88. The predicted octanol–water partition coefficient (Wildman–Crippen LogP) is 1.99. The lowest BCUT2D eigenvalue weighted by Gasteiger charge is -2.36. The van der Waals surface area contributed by atoms with Crippen molar-refractivity contribution < 1.29 is 8.42 Å². The van der Waals surface area contributed by atoms with E-state index in [0.29, 0.717) is 31.6 Å². The molecule has 2 heterocycles. The highest BCUT2D eigenvalue weighted by atomic mass is 32.2. The molecule has 1 aliphatic heterocycles. The van der Waals surface area contributed by atoms with Crippen LogP contribution in [0.5, 0.6) is 0 Å². The van der Waals surface area contributed by atoms with E-state index in [1.807, 2.05) is 24.3 Å². The summed E-state index contributed by atoms with van der Waals surface area (Å²) in [5, 5.41) is 4.68. The van der Waals surface area contributed by atoms with Crippen LogP contribution in [0.1, 0.15) is 19.0 Å². The maximum Gasteiger partial charge on any atom is 0.211 e. The molecule has 1 N–H and O–H groups in total. The molecule has 0 unspecified atom stereocenters. The van der Waals surface area contributed by atoms with E-state index in [0.717, 1.165) is 23.0 Å². The Hall–Kier alpha value is -1.50. The van der Waals surface area contributed by atoms with Crippen molar-refractivity contribution in [3.05, 3.63) is 42.1 Å². The topological polar surface area (TPSA) is 62.3 Å². The molecule has 0 aliphatic carbocycles. The Balaban J connectivity index is 1.61. The molecule has 1 fully saturated rings. The van der Waals surface area contributed by atoms with Gasteiger partial charge in [-0.1, -0.05) is 31.2 Å². The van der Waals surface area contributed by atoms with E-state index in [1.165, 1.54) is 6.26 Å². The van der Waals surface area contributed by atoms with Crippen LogP contribution in [-0.4, -0.2) is 43.1 Å². The number of para-hydroxylation sites is 1. The molecule has 5 nitrogen and oxygen atoms in total. The molecule has 3 rings (SSSR count). The van der Waals surface area contributed by atoms with Gasteiger partial charge in [0, 0.05) is 31.1 Å². The number of piperidine rings is 1. The van der Waals surface area contributed by atoms with Gasteiger partial charge in [-0.2, -0.15) is 0 Å². The summed E-state index contributed by atoms with van der Waals surface area (Å²) in [5.41, 5.74) is 2.02. The molecule has 1 aliphatic rings. The Morgan fingerprint density at radius 1 is 1.26 bits per heavy atom. The van der Waals surface area contributed by atoms with Crippen LogP contribution < -0.4 is 5.32 Å². The van der Waals surface area contributed by atoms with E-state index >= 15 is 0 Å². The summed E-state index contributed by atoms with van der Waals surface area (Å²) >= 11 is 0. The molecule has 124 valence electrons. The van der Waals surface area contributed by atoms with Crippen molar-refractivity contribution >= 4 is 20.9 Å². The molecule has 2 aromatic rings. The van der Waals surface area contributed by atoms with Crippen LogP contribution in [0.3, 0.4) is 0 Å². The van der Waals surface area contributed by atoms with Crippen molar-refractivity contribution in [1.82, 2.24) is 14.6 Å². The molecule has 0 bridgehead atoms. The van der Waals surface area contributed by atoms with Gasteiger partial charge in [-0.3, -0.25) is 4.98 Å². The van der Waals surface area contributed by atoms with E-state index in [9.17, 15) is 8.42 Å². The van der Waals surface area contributed by atoms with Gasteiger partial charge in [0.2, 0.25) is 10.0 Å². The van der Waals surface area contributed by atoms with Gasteiger partial charge in [0.1, 0.15) is 0 Å². The SMILES string of the molecule is C[C@H]1CN(S(C)(=O)=O)CC[C@H]1NCc1ccc2ccccc2n1. The first-order valence-electron chi connectivity index (χ1n) is 7.96. The summed E-state index contributed by atoms with van der Waals surface area (Å²) in [6.45, 7) is 3.98. The van der Waals surface area contributed by atoms with Gasteiger partial charge in [0.25, 0.3) is 0 Å². The highest BCUT2D eigenvalue weighted by Gasteiger charge is 2.30. The number of nitrogens with zero attached hydrogens (tertiary/aromatic N) is 2. The molecule has 23 heavy (non-hydrogen) atoms. The quantitative estimate of drug-likeness (QED) is 0.929. The minimum absolute atomic E-state index is 0.291. The average Bonchev–Trinajstić information content (AvgIpc) is 2.52. The number of sulfonamides is 1. The van der Waals surface area contributed by atoms with Crippen molar-refractivity contribution in [2.75, 3.05) is 19.3 Å². The lowest BCUT2D eigenvalue weighted by molar-refractivity contribution is 0.219. The Kier molecular flexibility index (Phi) is 4.66. The summed E-state index contributed by atoms with van der Waals surface area (Å²) in [6.07, 6.45) is 2.12. The number of nitrogens with one attached hydrogen (secondary N) is 1. The maximum absolute atomic E-state index is 11.6. The van der Waals surface area contributed by atoms with Crippen molar-refractivity contribution in [2.24, 2.45) is 5.92 Å². The second-order valence-electron chi connectivity index (χ2n) is 6.37. The van der Waals surface area contributed by atoms with Gasteiger partial charge in [0.05, 0.1) is 17.5 Å². The van der Waals surface area contributed by atoms with Crippen molar-refractivity contribution in [3.63, 3.8) is 0 Å². The van der Waals surface area contributed by atoms with E-state index in [2.05, 4.69) is 29.4 Å². The molecule has 1 aromatic carbocycles. The Morgan fingerprint density at radius 3 is 2.78 bits per heavy atom. The fraction of sp³-hybridized carbons (Fsp3) is 0.471. The second kappa shape index (κ2) is 6.55. The molecule has 0 saturated carbocycles. The number of rotatable bonds is 4. The van der Waals surface area contributed by atoms with Crippen LogP contribution in [0.2, 0.25) is 0 Å². The first-order valence-corrected chi connectivity index (χ1v) is 9.81. The first kappa shape index (κ1) is 16.4. The number of benzene rings is 1. The van der Waals surface area contributed by atoms with Gasteiger partial charge in [-0.15, -0.1) is 0 Å². The van der Waals surface area contributed by atoms with Crippen LogP contribution >= 0.6 is 0 Å². The van der Waals surface area contributed by atoms with Gasteiger partial charge in [-0.25, -0.2) is 12.7 Å². The zero-order chi connectivity index (χ0) is 16.4. The van der Waals surface area contributed by atoms with Crippen LogP contribution in [0, 0.1) is 5.92 Å². The zero-order valence-corrected chi connectivity index (χ0v) is 14.4. The summed E-state index contributed by atoms with van der Waals surface area (Å²) in [6, 6.07) is 12.5. The van der Waals surface area contributed by atoms with Gasteiger partial charge in [0.15, 0.2) is 0 Å². The van der Waals surface area contributed by atoms with Gasteiger partial charge < -0.3 is 5.32 Å². The van der Waals surface area contributed by atoms with Crippen LogP contribution in [0.25, 0.3) is 10.9 Å². The fourth-order valence-corrected chi connectivity index (χ4v) is 4.10. The van der Waals surface area contributed by atoms with E-state index < -0.39 is 10.0 Å². The van der Waals surface area contributed by atoms with E-state index in [4.69, 9.17) is 0 Å². The second-order valence-corrected chi connectivity index (χ2v) is 8.35. The molecule has 6 heteroatoms. The normalized spacial score (nSPS) is 23.2. The lowest BCUT2D eigenvalue weighted by Crippen LogP contribution is -2.49. The molecule has 1 saturated heterocycles. The Morgan fingerprint density at radius 2 is 2.04 bits per heavy atom. The third kappa shape index (κ3) is 3.88. The smallest absolute Gasteiger partial charge is 0.211 e. The van der Waals surface area contributed by atoms with Crippen molar-refractivity contribution in [3.8, 4) is 0 Å². The Labute approximate surface area is 137 Å². The number of hydrogen-bond donors (Lipinski definition) is 1. The summed E-state index contributed by atoms with van der Waals surface area (Å²) in [7, 11) is -3.08. The first-order chi connectivity index (χ1) is 10.9. The standard InChI is InChI=1S/C17H23N3O2S/c1-13-12-20(23(2,21)22)10-9-16(13)18-11-15-8-7-14-5-3-4-6-17(14)19-15/h3-8,13,16,18H,9-12H2,1-2H3/t13-,16+/m0/s1. The van der Waals surface area contributed by atoms with Crippen molar-refractivity contribution in [1.29, 1.82) is 0 Å². The highest BCUT2D eigenvalue weighted by Crippen LogP contribution is 2.19. The van der Waals surface area contributed by atoms with Crippen LogP contribution in [0.15, 0.2) is 36.4 Å². The number of hydrogen-bond acceptors (Lipinski definition) is 4. The summed E-state index contributed by atoms with van der Waals surface area (Å²) in [4.78, 5) is 4.67. The third-order valence-electron chi connectivity index (χ3n) is 4.54. The molecular formula is C17H23N3O2S. The van der Waals surface area contributed by atoms with Crippen LogP contribution in [0.4, 0.5) is 0 Å². The summed E-state index contributed by atoms with van der Waals surface area (Å²) < 4.78 is 24.8. The minimum atomic E-state index is -3.08. The molecule has 0 amide bonds. The number of fused-ring (bicyclic) bond motifs is 1. The maximum atomic E-state index is 11.6. The van der Waals surface area contributed by atoms with Gasteiger partial charge in [-0.05, 0) is 24.5 Å². The molecule has 0 spiro atoms. The van der Waals surface area contributed by atoms with E-state index in [-0.39, 0.29) is 0 Å². The summed E-state index contributed by atoms with van der Waals surface area (Å²) in [5.74, 6) is 0.291. The average molecular weight is 333 g/mol. The largest absolute Gasteiger partial charge is 0.308 e. The van der Waals surface area contributed by atoms with Crippen LogP contribution in [-0.2, 0) is 16.6 Å². The zero-order valence-electron chi connectivity index (χ0n) is 13.6. The number of aromatic nitrogens is 1. The Bertz CT molecular complexity index is 791. The van der Waals surface area contributed by atoms with Gasteiger partial charge >= 0.3 is 0 Å². The van der Waals surface area contributed by atoms with E-state index in [1.54, 1.807) is 4.31 Å². The molecule has 0 radical (unpaired) electrons. The minimum Gasteiger partial charge on any atom is -0.308 e. The molecule has 2 atom stereocenters. The molecule has 1 aromatic heterocycles.